The second-order valence-electron chi connectivity index (χ2n) is 6.84. The summed E-state index contributed by atoms with van der Waals surface area (Å²) in [5.41, 5.74) is 2.59. The summed E-state index contributed by atoms with van der Waals surface area (Å²) in [6.07, 6.45) is 0.644. The quantitative estimate of drug-likeness (QED) is 0.485. The van der Waals surface area contributed by atoms with E-state index in [1.807, 2.05) is 35.9 Å². The summed E-state index contributed by atoms with van der Waals surface area (Å²) >= 11 is 0. The summed E-state index contributed by atoms with van der Waals surface area (Å²) in [5, 5.41) is 17.4. The van der Waals surface area contributed by atoms with Crippen molar-refractivity contribution in [3.8, 4) is 5.75 Å². The number of methoxy groups -OCH3 is 1. The molecule has 9 heteroatoms. The zero-order chi connectivity index (χ0) is 21.1. The highest BCUT2D eigenvalue weighted by molar-refractivity contribution is 5.90. The minimum atomic E-state index is -0.784. The fraction of sp³-hybridized carbons (Fsp3) is 0.238. The normalized spacial score (nSPS) is 12.1. The zero-order valence-electron chi connectivity index (χ0n) is 16.7. The van der Waals surface area contributed by atoms with Crippen LogP contribution in [0.5, 0.6) is 5.75 Å². The van der Waals surface area contributed by atoms with E-state index in [0.717, 1.165) is 22.4 Å². The maximum atomic E-state index is 12.4. The number of amides is 1. The van der Waals surface area contributed by atoms with Crippen LogP contribution < -0.4 is 10.1 Å². The van der Waals surface area contributed by atoms with Gasteiger partial charge in [-0.1, -0.05) is 24.3 Å². The summed E-state index contributed by atoms with van der Waals surface area (Å²) in [6.45, 7) is 0.435. The van der Waals surface area contributed by atoms with Crippen LogP contribution in [0.1, 0.15) is 28.1 Å². The van der Waals surface area contributed by atoms with Crippen molar-refractivity contribution in [1.82, 2.24) is 29.6 Å². The number of nitrogens with zero attached hydrogens (tertiary/aromatic N) is 5. The van der Waals surface area contributed by atoms with Crippen molar-refractivity contribution >= 4 is 16.9 Å². The maximum Gasteiger partial charge on any atom is 0.291 e. The van der Waals surface area contributed by atoms with Crippen molar-refractivity contribution in [1.29, 1.82) is 0 Å². The van der Waals surface area contributed by atoms with E-state index in [0.29, 0.717) is 5.75 Å². The van der Waals surface area contributed by atoms with Gasteiger partial charge in [0.15, 0.2) is 0 Å². The van der Waals surface area contributed by atoms with E-state index < -0.39 is 12.0 Å². The van der Waals surface area contributed by atoms with Crippen LogP contribution >= 0.6 is 0 Å². The lowest BCUT2D eigenvalue weighted by Gasteiger charge is -2.11. The van der Waals surface area contributed by atoms with Gasteiger partial charge in [0.05, 0.1) is 37.3 Å². The molecule has 0 aliphatic rings. The van der Waals surface area contributed by atoms with Crippen LogP contribution in [-0.2, 0) is 20.1 Å². The summed E-state index contributed by atoms with van der Waals surface area (Å²) in [6, 6.07) is 14.9. The number of imidazole rings is 1. The number of ether oxygens (including phenoxy) is 1. The zero-order valence-corrected chi connectivity index (χ0v) is 16.7. The molecule has 2 heterocycles. The average molecular weight is 406 g/mol. The number of aliphatic hydroxyl groups is 1. The highest BCUT2D eigenvalue weighted by Gasteiger charge is 2.15. The summed E-state index contributed by atoms with van der Waals surface area (Å²) in [4.78, 5) is 21.0. The molecular formula is C21H22N6O3. The smallest absolute Gasteiger partial charge is 0.291 e. The molecule has 9 nitrogen and oxygen atoms in total. The topological polar surface area (TPSA) is 107 Å². The Kier molecular flexibility index (Phi) is 5.44. The monoisotopic (exact) mass is 406 g/mol. The molecule has 0 saturated carbocycles. The van der Waals surface area contributed by atoms with Gasteiger partial charge in [-0.05, 0) is 29.8 Å². The number of benzene rings is 2. The molecule has 1 atom stereocenters. The number of para-hydroxylation sites is 2. The second-order valence-corrected chi connectivity index (χ2v) is 6.84. The highest BCUT2D eigenvalue weighted by Crippen LogP contribution is 2.19. The third-order valence-corrected chi connectivity index (χ3v) is 4.89. The average Bonchev–Trinajstić information content (AvgIpc) is 3.37. The number of carbonyl (C=O) groups is 1. The van der Waals surface area contributed by atoms with Gasteiger partial charge in [-0.15, -0.1) is 5.10 Å². The van der Waals surface area contributed by atoms with Crippen molar-refractivity contribution in [2.45, 2.75) is 19.2 Å². The number of aryl methyl sites for hydroxylation is 1. The number of nitrogens with one attached hydrogen (secondary N) is 1. The van der Waals surface area contributed by atoms with Crippen molar-refractivity contribution < 1.29 is 14.6 Å². The molecule has 0 aliphatic heterocycles. The van der Waals surface area contributed by atoms with Crippen LogP contribution in [0.4, 0.5) is 0 Å². The molecule has 2 aromatic carbocycles. The van der Waals surface area contributed by atoms with Crippen LogP contribution in [0.3, 0.4) is 0 Å². The molecule has 0 aliphatic carbocycles. The van der Waals surface area contributed by atoms with Gasteiger partial charge in [-0.25, -0.2) is 14.6 Å². The number of hydrogen-bond acceptors (Lipinski definition) is 6. The van der Waals surface area contributed by atoms with E-state index in [-0.39, 0.29) is 18.9 Å². The SMILES string of the molecule is COc1ccc([C@H](O)Cn2cnc(C(=O)NCc3nc4ccccc4n3C)n2)cc1. The van der Waals surface area contributed by atoms with Gasteiger partial charge in [0.1, 0.15) is 17.9 Å². The molecule has 0 bridgehead atoms. The van der Waals surface area contributed by atoms with Gasteiger partial charge in [0.25, 0.3) is 5.91 Å². The fourth-order valence-corrected chi connectivity index (χ4v) is 3.19. The summed E-state index contributed by atoms with van der Waals surface area (Å²) in [5.74, 6) is 1.08. The highest BCUT2D eigenvalue weighted by atomic mass is 16.5. The first-order chi connectivity index (χ1) is 14.5. The van der Waals surface area contributed by atoms with E-state index in [9.17, 15) is 9.90 Å². The Morgan fingerprint density at radius 1 is 1.20 bits per heavy atom. The lowest BCUT2D eigenvalue weighted by Crippen LogP contribution is -2.25. The molecule has 0 saturated heterocycles. The Hall–Kier alpha value is -3.72. The Morgan fingerprint density at radius 2 is 1.97 bits per heavy atom. The second kappa shape index (κ2) is 8.34. The number of aromatic nitrogens is 5. The number of rotatable bonds is 7. The standard InChI is InChI=1S/C21H22N6O3/c1-26-17-6-4-3-5-16(17)24-19(26)11-22-21(29)20-23-13-27(25-20)12-18(28)14-7-9-15(30-2)10-8-14/h3-10,13,18,28H,11-12H2,1-2H3,(H,22,29)/t18-/m1/s1. The molecule has 154 valence electrons. The number of carbonyl (C=O) groups excluding carboxylic acids is 1. The summed E-state index contributed by atoms with van der Waals surface area (Å²) < 4.78 is 8.50. The lowest BCUT2D eigenvalue weighted by atomic mass is 10.1. The van der Waals surface area contributed by atoms with Crippen molar-refractivity contribution in [3.63, 3.8) is 0 Å². The predicted molar refractivity (Wildman–Crippen MR) is 110 cm³/mol. The summed E-state index contributed by atoms with van der Waals surface area (Å²) in [7, 11) is 3.49. The molecule has 0 unspecified atom stereocenters. The van der Waals surface area contributed by atoms with Crippen molar-refractivity contribution in [3.05, 3.63) is 72.1 Å². The molecule has 4 aromatic rings. The van der Waals surface area contributed by atoms with Crippen LogP contribution in [0.25, 0.3) is 11.0 Å². The van der Waals surface area contributed by atoms with Gasteiger partial charge >= 0.3 is 0 Å². The molecule has 1 amide bonds. The van der Waals surface area contributed by atoms with E-state index in [1.54, 1.807) is 31.4 Å². The molecule has 0 radical (unpaired) electrons. The minimum absolute atomic E-state index is 0.0377. The third-order valence-electron chi connectivity index (χ3n) is 4.89. The van der Waals surface area contributed by atoms with E-state index in [2.05, 4.69) is 20.4 Å². The van der Waals surface area contributed by atoms with Crippen LogP contribution in [0.2, 0.25) is 0 Å². The molecular weight excluding hydrogens is 384 g/mol. The minimum Gasteiger partial charge on any atom is -0.497 e. The van der Waals surface area contributed by atoms with Crippen molar-refractivity contribution in [2.24, 2.45) is 7.05 Å². The van der Waals surface area contributed by atoms with Crippen LogP contribution in [0, 0.1) is 0 Å². The number of hydrogen-bond donors (Lipinski definition) is 2. The first-order valence-corrected chi connectivity index (χ1v) is 9.45. The van der Waals surface area contributed by atoms with Crippen LogP contribution in [0.15, 0.2) is 54.9 Å². The van der Waals surface area contributed by atoms with E-state index >= 15 is 0 Å². The van der Waals surface area contributed by atoms with Crippen molar-refractivity contribution in [2.75, 3.05) is 7.11 Å². The Balaban J connectivity index is 1.37. The third kappa shape index (κ3) is 4.01. The Morgan fingerprint density at radius 3 is 2.70 bits per heavy atom. The molecule has 0 spiro atoms. The number of aliphatic hydroxyl groups excluding tert-OH is 1. The Labute approximate surface area is 173 Å². The van der Waals surface area contributed by atoms with Crippen LogP contribution in [-0.4, -0.2) is 42.4 Å². The largest absolute Gasteiger partial charge is 0.497 e. The van der Waals surface area contributed by atoms with E-state index in [1.165, 1.54) is 11.0 Å². The van der Waals surface area contributed by atoms with Gasteiger partial charge in [-0.3, -0.25) is 4.79 Å². The van der Waals surface area contributed by atoms with Gasteiger partial charge in [-0.2, -0.15) is 0 Å². The fourth-order valence-electron chi connectivity index (χ4n) is 3.19. The molecule has 2 aromatic heterocycles. The lowest BCUT2D eigenvalue weighted by molar-refractivity contribution is 0.0937. The molecule has 2 N–H and O–H groups in total. The maximum absolute atomic E-state index is 12.4. The number of fused-ring (bicyclic) bond motifs is 1. The van der Waals surface area contributed by atoms with Gasteiger partial charge < -0.3 is 19.7 Å². The van der Waals surface area contributed by atoms with Gasteiger partial charge in [0.2, 0.25) is 5.82 Å². The van der Waals surface area contributed by atoms with E-state index in [4.69, 9.17) is 4.74 Å². The molecule has 4 rings (SSSR count). The van der Waals surface area contributed by atoms with Gasteiger partial charge in [0, 0.05) is 7.05 Å². The Bertz CT molecular complexity index is 1170. The first kappa shape index (κ1) is 19.6. The predicted octanol–water partition coefficient (Wildman–Crippen LogP) is 1.84. The molecule has 0 fully saturated rings. The molecule has 30 heavy (non-hydrogen) atoms. The first-order valence-electron chi connectivity index (χ1n) is 9.45.